The first kappa shape index (κ1) is 11.8. The van der Waals surface area contributed by atoms with E-state index in [2.05, 4.69) is 20.8 Å². The third-order valence-corrected chi connectivity index (χ3v) is 2.31. The lowest BCUT2D eigenvalue weighted by atomic mass is 9.87. The van der Waals surface area contributed by atoms with E-state index in [9.17, 15) is 4.79 Å². The lowest BCUT2D eigenvalue weighted by Gasteiger charge is -2.26. The van der Waals surface area contributed by atoms with Crippen molar-refractivity contribution in [2.24, 2.45) is 5.41 Å². The minimum atomic E-state index is -0.738. The van der Waals surface area contributed by atoms with Crippen molar-refractivity contribution in [3.8, 4) is 0 Å². The zero-order chi connectivity index (χ0) is 11.5. The molecule has 0 aliphatic heterocycles. The topological polar surface area (TPSA) is 42.2 Å². The molecule has 1 rings (SSSR count). The van der Waals surface area contributed by atoms with Crippen LogP contribution < -0.4 is 0 Å². The van der Waals surface area contributed by atoms with Crippen LogP contribution >= 0.6 is 0 Å². The number of carboxylic acids is 1. The molecule has 0 radical (unpaired) electrons. The summed E-state index contributed by atoms with van der Waals surface area (Å²) < 4.78 is 1.99. The van der Waals surface area contributed by atoms with E-state index >= 15 is 0 Å². The van der Waals surface area contributed by atoms with Crippen LogP contribution in [0.4, 0.5) is 0 Å². The SMILES string of the molecule is CC(C)(C)CC(CC(=O)O)n1cccc1. The summed E-state index contributed by atoms with van der Waals surface area (Å²) in [7, 11) is 0. The van der Waals surface area contributed by atoms with Gasteiger partial charge in [-0.1, -0.05) is 20.8 Å². The van der Waals surface area contributed by atoms with Gasteiger partial charge in [0.25, 0.3) is 0 Å². The summed E-state index contributed by atoms with van der Waals surface area (Å²) in [4.78, 5) is 10.8. The first-order valence-electron chi connectivity index (χ1n) is 5.23. The second-order valence-corrected chi connectivity index (χ2v) is 5.15. The van der Waals surface area contributed by atoms with Gasteiger partial charge in [-0.2, -0.15) is 0 Å². The number of hydrogen-bond donors (Lipinski definition) is 1. The van der Waals surface area contributed by atoms with E-state index in [4.69, 9.17) is 5.11 Å². The molecule has 0 saturated heterocycles. The van der Waals surface area contributed by atoms with Crippen LogP contribution in [0.2, 0.25) is 0 Å². The number of hydrogen-bond acceptors (Lipinski definition) is 1. The normalized spacial score (nSPS) is 13.8. The molecule has 0 aromatic carbocycles. The molecule has 0 spiro atoms. The van der Waals surface area contributed by atoms with Crippen molar-refractivity contribution in [2.75, 3.05) is 0 Å². The largest absolute Gasteiger partial charge is 0.481 e. The van der Waals surface area contributed by atoms with Crippen molar-refractivity contribution in [1.29, 1.82) is 0 Å². The van der Waals surface area contributed by atoms with Gasteiger partial charge in [0.15, 0.2) is 0 Å². The highest BCUT2D eigenvalue weighted by atomic mass is 16.4. The zero-order valence-corrected chi connectivity index (χ0v) is 9.60. The molecular weight excluding hydrogens is 190 g/mol. The monoisotopic (exact) mass is 209 g/mol. The Balaban J connectivity index is 2.75. The van der Waals surface area contributed by atoms with Gasteiger partial charge in [-0.3, -0.25) is 4.79 Å². The zero-order valence-electron chi connectivity index (χ0n) is 9.60. The summed E-state index contributed by atoms with van der Waals surface area (Å²) in [5.41, 5.74) is 0.143. The molecule has 3 nitrogen and oxygen atoms in total. The van der Waals surface area contributed by atoms with Crippen LogP contribution in [-0.2, 0) is 4.79 Å². The number of rotatable bonds is 4. The van der Waals surface area contributed by atoms with Crippen LogP contribution in [-0.4, -0.2) is 15.6 Å². The predicted octanol–water partition coefficient (Wildman–Crippen LogP) is 2.94. The number of carbonyl (C=O) groups is 1. The van der Waals surface area contributed by atoms with Gasteiger partial charge in [0.2, 0.25) is 0 Å². The molecule has 1 unspecified atom stereocenters. The molecule has 0 saturated carbocycles. The number of carboxylic acid groups (broad SMARTS) is 1. The summed E-state index contributed by atoms with van der Waals surface area (Å²) in [5.74, 6) is -0.738. The maximum absolute atomic E-state index is 10.8. The van der Waals surface area contributed by atoms with Crippen LogP contribution in [0.3, 0.4) is 0 Å². The lowest BCUT2D eigenvalue weighted by Crippen LogP contribution is -2.19. The lowest BCUT2D eigenvalue weighted by molar-refractivity contribution is -0.138. The van der Waals surface area contributed by atoms with Gasteiger partial charge < -0.3 is 9.67 Å². The summed E-state index contributed by atoms with van der Waals surface area (Å²) in [6.45, 7) is 6.39. The highest BCUT2D eigenvalue weighted by Gasteiger charge is 2.21. The van der Waals surface area contributed by atoms with E-state index in [-0.39, 0.29) is 17.9 Å². The maximum Gasteiger partial charge on any atom is 0.305 e. The van der Waals surface area contributed by atoms with Crippen molar-refractivity contribution in [3.05, 3.63) is 24.5 Å². The molecule has 1 aromatic heterocycles. The van der Waals surface area contributed by atoms with Crippen LogP contribution in [0.5, 0.6) is 0 Å². The van der Waals surface area contributed by atoms with Crippen molar-refractivity contribution in [3.63, 3.8) is 0 Å². The first-order valence-corrected chi connectivity index (χ1v) is 5.23. The molecule has 0 amide bonds. The molecule has 1 aromatic rings. The van der Waals surface area contributed by atoms with Gasteiger partial charge in [-0.25, -0.2) is 0 Å². The molecular formula is C12H19NO2. The Labute approximate surface area is 90.7 Å². The quantitative estimate of drug-likeness (QED) is 0.828. The van der Waals surface area contributed by atoms with E-state index < -0.39 is 5.97 Å². The average molecular weight is 209 g/mol. The summed E-state index contributed by atoms with van der Waals surface area (Å²) >= 11 is 0. The Bertz CT molecular complexity index is 309. The second-order valence-electron chi connectivity index (χ2n) is 5.15. The van der Waals surface area contributed by atoms with E-state index in [1.54, 1.807) is 0 Å². The van der Waals surface area contributed by atoms with Gasteiger partial charge in [-0.15, -0.1) is 0 Å². The Morgan fingerprint density at radius 3 is 2.27 bits per heavy atom. The predicted molar refractivity (Wildman–Crippen MR) is 59.8 cm³/mol. The van der Waals surface area contributed by atoms with Gasteiger partial charge in [0.05, 0.1) is 6.42 Å². The Hall–Kier alpha value is -1.25. The molecule has 0 aliphatic carbocycles. The minimum Gasteiger partial charge on any atom is -0.481 e. The van der Waals surface area contributed by atoms with E-state index in [1.165, 1.54) is 0 Å². The average Bonchev–Trinajstić information content (AvgIpc) is 2.50. The number of nitrogens with zero attached hydrogens (tertiary/aromatic N) is 1. The summed E-state index contributed by atoms with van der Waals surface area (Å²) in [6, 6.07) is 3.91. The fraction of sp³-hybridized carbons (Fsp3) is 0.583. The van der Waals surface area contributed by atoms with E-state index in [1.807, 2.05) is 29.1 Å². The minimum absolute atomic E-state index is 0.0532. The van der Waals surface area contributed by atoms with Crippen molar-refractivity contribution in [2.45, 2.75) is 39.7 Å². The fourth-order valence-electron chi connectivity index (χ4n) is 1.78. The molecule has 0 fully saturated rings. The van der Waals surface area contributed by atoms with Crippen LogP contribution in [0.15, 0.2) is 24.5 Å². The molecule has 1 N–H and O–H groups in total. The standard InChI is InChI=1S/C12H19NO2/c1-12(2,3)9-10(8-11(14)15)13-6-4-5-7-13/h4-7,10H,8-9H2,1-3H3,(H,14,15). The van der Waals surface area contributed by atoms with Gasteiger partial charge in [0, 0.05) is 18.4 Å². The third kappa shape index (κ3) is 4.19. The molecule has 1 heterocycles. The number of aliphatic carboxylic acids is 1. The van der Waals surface area contributed by atoms with Gasteiger partial charge in [-0.05, 0) is 24.0 Å². The van der Waals surface area contributed by atoms with Crippen LogP contribution in [0.25, 0.3) is 0 Å². The molecule has 3 heteroatoms. The highest BCUT2D eigenvalue weighted by Crippen LogP contribution is 2.29. The van der Waals surface area contributed by atoms with Crippen molar-refractivity contribution < 1.29 is 9.90 Å². The van der Waals surface area contributed by atoms with Crippen molar-refractivity contribution >= 4 is 5.97 Å². The summed E-state index contributed by atoms with van der Waals surface area (Å²) in [6.07, 6.45) is 4.92. The van der Waals surface area contributed by atoms with Gasteiger partial charge >= 0.3 is 5.97 Å². The van der Waals surface area contributed by atoms with Crippen LogP contribution in [0.1, 0.15) is 39.7 Å². The number of aromatic nitrogens is 1. The second kappa shape index (κ2) is 4.51. The first-order chi connectivity index (χ1) is 6.88. The van der Waals surface area contributed by atoms with Crippen molar-refractivity contribution in [1.82, 2.24) is 4.57 Å². The molecule has 15 heavy (non-hydrogen) atoms. The molecule has 1 atom stereocenters. The Morgan fingerprint density at radius 2 is 1.87 bits per heavy atom. The van der Waals surface area contributed by atoms with Gasteiger partial charge in [0.1, 0.15) is 0 Å². The van der Waals surface area contributed by atoms with Crippen LogP contribution in [0, 0.1) is 5.41 Å². The third-order valence-electron chi connectivity index (χ3n) is 2.31. The van der Waals surface area contributed by atoms with E-state index in [0.29, 0.717) is 0 Å². The highest BCUT2D eigenvalue weighted by molar-refractivity contribution is 5.67. The molecule has 84 valence electrons. The maximum atomic E-state index is 10.8. The molecule has 0 bridgehead atoms. The molecule has 0 aliphatic rings. The Kier molecular flexibility index (Phi) is 3.56. The van der Waals surface area contributed by atoms with E-state index in [0.717, 1.165) is 6.42 Å². The smallest absolute Gasteiger partial charge is 0.305 e. The Morgan fingerprint density at radius 1 is 1.33 bits per heavy atom. The summed E-state index contributed by atoms with van der Waals surface area (Å²) in [5, 5.41) is 8.87. The fourth-order valence-corrected chi connectivity index (χ4v) is 1.78.